The molecule has 32 heavy (non-hydrogen) atoms. The second kappa shape index (κ2) is 9.15. The van der Waals surface area contributed by atoms with Gasteiger partial charge in [-0.05, 0) is 55.0 Å². The van der Waals surface area contributed by atoms with E-state index in [1.54, 1.807) is 13.0 Å². The number of imide groups is 1. The van der Waals surface area contributed by atoms with E-state index in [2.05, 4.69) is 5.32 Å². The Morgan fingerprint density at radius 3 is 2.31 bits per heavy atom. The van der Waals surface area contributed by atoms with Crippen LogP contribution in [0.5, 0.6) is 0 Å². The van der Waals surface area contributed by atoms with Gasteiger partial charge in [-0.3, -0.25) is 14.5 Å². The summed E-state index contributed by atoms with van der Waals surface area (Å²) in [4.78, 5) is 37.5. The van der Waals surface area contributed by atoms with Gasteiger partial charge in [0.15, 0.2) is 5.78 Å². The maximum absolute atomic E-state index is 13.9. The van der Waals surface area contributed by atoms with Gasteiger partial charge in [-0.2, -0.15) is 0 Å². The zero-order chi connectivity index (χ0) is 23.6. The lowest BCUT2D eigenvalue weighted by Crippen LogP contribution is -2.37. The first kappa shape index (κ1) is 22.9. The van der Waals surface area contributed by atoms with Crippen molar-refractivity contribution < 1.29 is 23.2 Å². The van der Waals surface area contributed by atoms with E-state index in [1.807, 2.05) is 0 Å². The molecule has 0 aliphatic carbocycles. The molecule has 6 nitrogen and oxygen atoms in total. The number of nitrogens with two attached hydrogens (primary N) is 1. The van der Waals surface area contributed by atoms with Crippen molar-refractivity contribution in [2.24, 2.45) is 5.73 Å². The first-order valence-electron chi connectivity index (χ1n) is 9.33. The number of carbonyl (C=O) groups excluding carboxylic acids is 3. The average molecular weight is 458 g/mol. The first-order valence-corrected chi connectivity index (χ1v) is 9.70. The molecular weight excluding hydrogens is 440 g/mol. The minimum absolute atomic E-state index is 0.0437. The van der Waals surface area contributed by atoms with E-state index in [1.165, 1.54) is 43.4 Å². The molecule has 0 bridgehead atoms. The minimum atomic E-state index is -0.924. The Kier molecular flexibility index (Phi) is 6.55. The van der Waals surface area contributed by atoms with Gasteiger partial charge in [0.1, 0.15) is 11.6 Å². The van der Waals surface area contributed by atoms with Gasteiger partial charge in [0.05, 0.1) is 10.7 Å². The summed E-state index contributed by atoms with van der Waals surface area (Å²) in [5, 5.41) is 2.86. The molecule has 0 heterocycles. The summed E-state index contributed by atoms with van der Waals surface area (Å²) in [6.45, 7) is 1.69. The van der Waals surface area contributed by atoms with Gasteiger partial charge < -0.3 is 11.1 Å². The van der Waals surface area contributed by atoms with E-state index in [4.69, 9.17) is 17.3 Å². The summed E-state index contributed by atoms with van der Waals surface area (Å²) < 4.78 is 26.9. The van der Waals surface area contributed by atoms with Crippen LogP contribution in [0.25, 0.3) is 0 Å². The van der Waals surface area contributed by atoms with Crippen LogP contribution in [0.2, 0.25) is 5.02 Å². The van der Waals surface area contributed by atoms with Gasteiger partial charge in [0.25, 0.3) is 5.91 Å². The van der Waals surface area contributed by atoms with Crippen LogP contribution in [0.4, 0.5) is 25.0 Å². The van der Waals surface area contributed by atoms with Crippen LogP contribution >= 0.6 is 11.6 Å². The number of anilines is 2. The number of hydrogen-bond acceptors (Lipinski definition) is 4. The molecule has 3 aromatic rings. The predicted octanol–water partition coefficient (Wildman–Crippen LogP) is 5.05. The quantitative estimate of drug-likeness (QED) is 0.524. The molecule has 9 heteroatoms. The monoisotopic (exact) mass is 457 g/mol. The van der Waals surface area contributed by atoms with E-state index >= 15 is 0 Å². The number of nitrogens with zero attached hydrogens (tertiary/aromatic N) is 1. The molecule has 0 fully saturated rings. The van der Waals surface area contributed by atoms with Gasteiger partial charge in [-0.1, -0.05) is 17.7 Å². The topological polar surface area (TPSA) is 92.5 Å². The lowest BCUT2D eigenvalue weighted by molar-refractivity contribution is 0.0838. The highest BCUT2D eigenvalue weighted by molar-refractivity contribution is 6.35. The molecule has 3 rings (SSSR count). The second-order valence-corrected chi connectivity index (χ2v) is 7.41. The Labute approximate surface area is 187 Å². The van der Waals surface area contributed by atoms with Crippen molar-refractivity contribution in [1.29, 1.82) is 0 Å². The molecular formula is C23H18ClF2N3O3. The smallest absolute Gasteiger partial charge is 0.321 e. The molecule has 0 spiro atoms. The van der Waals surface area contributed by atoms with Gasteiger partial charge in [-0.15, -0.1) is 0 Å². The Morgan fingerprint density at radius 1 is 0.969 bits per heavy atom. The number of carbonyl (C=O) groups is 3. The number of benzene rings is 3. The number of urea groups is 1. The number of ketones is 1. The molecule has 3 N–H and O–H groups in total. The number of rotatable bonds is 5. The molecule has 164 valence electrons. The summed E-state index contributed by atoms with van der Waals surface area (Å²) in [5.74, 6) is -2.58. The highest BCUT2D eigenvalue weighted by atomic mass is 35.5. The van der Waals surface area contributed by atoms with E-state index in [9.17, 15) is 23.2 Å². The third-order valence-corrected chi connectivity index (χ3v) is 5.10. The summed E-state index contributed by atoms with van der Waals surface area (Å²) in [6, 6.07) is 11.0. The molecule has 0 saturated heterocycles. The minimum Gasteiger partial charge on any atom is -0.353 e. The van der Waals surface area contributed by atoms with Crippen molar-refractivity contribution in [3.8, 4) is 0 Å². The van der Waals surface area contributed by atoms with Gasteiger partial charge in [0, 0.05) is 35.5 Å². The molecule has 3 aromatic carbocycles. The standard InChI is InChI=1S/C23H18ClF2N3O3/c1-12-3-4-13(22(31)29(2)23(27)32)9-17(12)21(30)16-7-6-15(11-18(16)24)28-20-8-5-14(25)10-19(20)26/h3-11,28H,1-2H3,(H2,27,32). The zero-order valence-electron chi connectivity index (χ0n) is 17.1. The maximum Gasteiger partial charge on any atom is 0.321 e. The van der Waals surface area contributed by atoms with Crippen molar-refractivity contribution in [3.05, 3.63) is 93.5 Å². The Bertz CT molecular complexity index is 1250. The fourth-order valence-electron chi connectivity index (χ4n) is 2.96. The van der Waals surface area contributed by atoms with Crippen LogP contribution < -0.4 is 11.1 Å². The molecule has 0 radical (unpaired) electrons. The molecule has 0 aromatic heterocycles. The average Bonchev–Trinajstić information content (AvgIpc) is 2.74. The lowest BCUT2D eigenvalue weighted by atomic mass is 9.96. The Balaban J connectivity index is 1.90. The highest BCUT2D eigenvalue weighted by Gasteiger charge is 2.21. The van der Waals surface area contributed by atoms with Crippen LogP contribution in [0, 0.1) is 18.6 Å². The summed E-state index contributed by atoms with van der Waals surface area (Å²) >= 11 is 6.30. The van der Waals surface area contributed by atoms with Gasteiger partial charge in [-0.25, -0.2) is 13.6 Å². The number of halogens is 3. The third-order valence-electron chi connectivity index (χ3n) is 4.79. The van der Waals surface area contributed by atoms with Crippen LogP contribution in [0.1, 0.15) is 31.8 Å². The molecule has 0 aliphatic heterocycles. The number of aryl methyl sites for hydroxylation is 1. The fourth-order valence-corrected chi connectivity index (χ4v) is 3.23. The molecule has 0 atom stereocenters. The van der Waals surface area contributed by atoms with Crippen molar-refractivity contribution >= 4 is 40.7 Å². The van der Waals surface area contributed by atoms with E-state index < -0.39 is 29.4 Å². The molecule has 0 saturated carbocycles. The van der Waals surface area contributed by atoms with Gasteiger partial charge >= 0.3 is 6.03 Å². The van der Waals surface area contributed by atoms with E-state index in [0.717, 1.165) is 17.0 Å². The number of amides is 3. The van der Waals surface area contributed by atoms with Crippen molar-refractivity contribution in [1.82, 2.24) is 4.90 Å². The van der Waals surface area contributed by atoms with Crippen LogP contribution in [-0.4, -0.2) is 29.7 Å². The second-order valence-electron chi connectivity index (χ2n) is 7.01. The van der Waals surface area contributed by atoms with E-state index in [0.29, 0.717) is 11.3 Å². The van der Waals surface area contributed by atoms with Crippen molar-refractivity contribution in [3.63, 3.8) is 0 Å². The first-order chi connectivity index (χ1) is 15.1. The maximum atomic E-state index is 13.9. The highest BCUT2D eigenvalue weighted by Crippen LogP contribution is 2.28. The SMILES string of the molecule is Cc1ccc(C(=O)N(C)C(N)=O)cc1C(=O)c1ccc(Nc2ccc(F)cc2F)cc1Cl. The summed E-state index contributed by atoms with van der Waals surface area (Å²) in [7, 11) is 1.23. The molecule has 3 amide bonds. The van der Waals surface area contributed by atoms with Crippen molar-refractivity contribution in [2.75, 3.05) is 12.4 Å². The summed E-state index contributed by atoms with van der Waals surface area (Å²) in [6.07, 6.45) is 0. The largest absolute Gasteiger partial charge is 0.353 e. The van der Waals surface area contributed by atoms with E-state index in [-0.39, 0.29) is 27.4 Å². The predicted molar refractivity (Wildman–Crippen MR) is 117 cm³/mol. The number of primary amides is 1. The Morgan fingerprint density at radius 2 is 1.69 bits per heavy atom. The fraction of sp³-hybridized carbons (Fsp3) is 0.0870. The summed E-state index contributed by atoms with van der Waals surface area (Å²) in [5.41, 5.74) is 6.66. The van der Waals surface area contributed by atoms with Gasteiger partial charge in [0.2, 0.25) is 0 Å². The molecule has 0 aliphatic rings. The Hall–Kier alpha value is -3.78. The van der Waals surface area contributed by atoms with Crippen LogP contribution in [0.15, 0.2) is 54.6 Å². The van der Waals surface area contributed by atoms with Crippen LogP contribution in [0.3, 0.4) is 0 Å². The normalized spacial score (nSPS) is 10.5. The van der Waals surface area contributed by atoms with Crippen LogP contribution in [-0.2, 0) is 0 Å². The number of hydrogen-bond donors (Lipinski definition) is 2. The van der Waals surface area contributed by atoms with Crippen molar-refractivity contribution in [2.45, 2.75) is 6.92 Å². The molecule has 0 unspecified atom stereocenters. The lowest BCUT2D eigenvalue weighted by Gasteiger charge is -2.14. The third kappa shape index (κ3) is 4.76. The zero-order valence-corrected chi connectivity index (χ0v) is 17.8. The number of nitrogens with one attached hydrogen (secondary N) is 1.